The lowest BCUT2D eigenvalue weighted by Crippen LogP contribution is -1.95. The van der Waals surface area contributed by atoms with Crippen LogP contribution >= 0.6 is 0 Å². The number of nitro benzene ring substituents is 1. The van der Waals surface area contributed by atoms with E-state index in [1.54, 1.807) is 12.1 Å². The van der Waals surface area contributed by atoms with Gasteiger partial charge in [0, 0.05) is 17.7 Å². The Bertz CT molecular complexity index is 451. The molecule has 0 aliphatic rings. The van der Waals surface area contributed by atoms with Gasteiger partial charge in [0.15, 0.2) is 0 Å². The Morgan fingerprint density at radius 1 is 1.56 bits per heavy atom. The zero-order valence-corrected chi connectivity index (χ0v) is 8.71. The van der Waals surface area contributed by atoms with Crippen LogP contribution in [0.4, 0.5) is 5.69 Å². The second-order valence-electron chi connectivity index (χ2n) is 3.17. The first-order valence-corrected chi connectivity index (χ1v) is 4.73. The monoisotopic (exact) mass is 221 g/mol. The fraction of sp³-hybridized carbons (Fsp3) is 0.182. The summed E-state index contributed by atoms with van der Waals surface area (Å²) in [6, 6.07) is 4.67. The normalized spacial score (nSPS) is 10.6. The molecule has 0 saturated heterocycles. The molecule has 0 amide bonds. The van der Waals surface area contributed by atoms with E-state index in [4.69, 9.17) is 5.11 Å². The minimum absolute atomic E-state index is 0.0232. The van der Waals surface area contributed by atoms with E-state index in [2.05, 4.69) is 0 Å². The van der Waals surface area contributed by atoms with Gasteiger partial charge >= 0.3 is 5.97 Å². The number of aryl methyl sites for hydroxylation is 1. The Hall–Kier alpha value is -2.17. The molecular formula is C11H11NO4. The predicted molar refractivity (Wildman–Crippen MR) is 59.1 cm³/mol. The molecule has 5 nitrogen and oxygen atoms in total. The van der Waals surface area contributed by atoms with Gasteiger partial charge in [0.05, 0.1) is 4.92 Å². The van der Waals surface area contributed by atoms with E-state index in [-0.39, 0.29) is 5.69 Å². The highest BCUT2D eigenvalue weighted by Gasteiger charge is 2.11. The summed E-state index contributed by atoms with van der Waals surface area (Å²) < 4.78 is 0. The highest BCUT2D eigenvalue weighted by Crippen LogP contribution is 2.21. The van der Waals surface area contributed by atoms with Crippen molar-refractivity contribution in [2.75, 3.05) is 0 Å². The molecule has 0 radical (unpaired) electrons. The number of nitrogens with zero attached hydrogens (tertiary/aromatic N) is 1. The standard InChI is InChI=1S/C11H11NO4/c1-2-9-5-3-8(4-6-11(13)14)7-10(9)12(15)16/h3-7H,2H2,1H3,(H,13,14)/b6-4+. The van der Waals surface area contributed by atoms with Gasteiger partial charge in [-0.15, -0.1) is 0 Å². The molecule has 84 valence electrons. The average molecular weight is 221 g/mol. The van der Waals surface area contributed by atoms with Gasteiger partial charge in [-0.2, -0.15) is 0 Å². The lowest BCUT2D eigenvalue weighted by atomic mass is 10.1. The summed E-state index contributed by atoms with van der Waals surface area (Å²) >= 11 is 0. The molecule has 0 aromatic heterocycles. The van der Waals surface area contributed by atoms with Crippen molar-refractivity contribution in [2.24, 2.45) is 0 Å². The van der Waals surface area contributed by atoms with Gasteiger partial charge in [0.2, 0.25) is 0 Å². The van der Waals surface area contributed by atoms with Crippen LogP contribution < -0.4 is 0 Å². The van der Waals surface area contributed by atoms with Crippen LogP contribution in [0.5, 0.6) is 0 Å². The topological polar surface area (TPSA) is 80.4 Å². The van der Waals surface area contributed by atoms with Crippen LogP contribution in [-0.2, 0) is 11.2 Å². The van der Waals surface area contributed by atoms with Crippen LogP contribution in [0.3, 0.4) is 0 Å². The number of nitro groups is 1. The quantitative estimate of drug-likeness (QED) is 0.480. The largest absolute Gasteiger partial charge is 0.478 e. The number of benzene rings is 1. The van der Waals surface area contributed by atoms with Crippen molar-refractivity contribution in [1.82, 2.24) is 0 Å². The van der Waals surface area contributed by atoms with Crippen molar-refractivity contribution >= 4 is 17.7 Å². The van der Waals surface area contributed by atoms with Crippen LogP contribution in [0.25, 0.3) is 6.08 Å². The van der Waals surface area contributed by atoms with E-state index in [0.29, 0.717) is 17.5 Å². The lowest BCUT2D eigenvalue weighted by Gasteiger charge is -2.00. The molecule has 0 aliphatic heterocycles. The molecule has 1 aromatic carbocycles. The van der Waals surface area contributed by atoms with Gasteiger partial charge in [-0.1, -0.05) is 19.1 Å². The zero-order chi connectivity index (χ0) is 12.1. The van der Waals surface area contributed by atoms with E-state index in [0.717, 1.165) is 6.08 Å². The van der Waals surface area contributed by atoms with E-state index in [1.165, 1.54) is 12.1 Å². The minimum Gasteiger partial charge on any atom is -0.478 e. The molecule has 0 spiro atoms. The maximum atomic E-state index is 10.7. The average Bonchev–Trinajstić information content (AvgIpc) is 2.25. The highest BCUT2D eigenvalue weighted by atomic mass is 16.6. The third-order valence-corrected chi connectivity index (χ3v) is 2.11. The molecule has 1 aromatic rings. The molecule has 0 atom stereocenters. The van der Waals surface area contributed by atoms with Crippen molar-refractivity contribution in [2.45, 2.75) is 13.3 Å². The molecule has 0 aliphatic carbocycles. The summed E-state index contributed by atoms with van der Waals surface area (Å²) in [6.45, 7) is 1.83. The smallest absolute Gasteiger partial charge is 0.328 e. The van der Waals surface area contributed by atoms with Crippen LogP contribution in [0, 0.1) is 10.1 Å². The number of hydrogen-bond donors (Lipinski definition) is 1. The number of carbonyl (C=O) groups is 1. The number of carboxylic acid groups (broad SMARTS) is 1. The molecular weight excluding hydrogens is 210 g/mol. The van der Waals surface area contributed by atoms with Gasteiger partial charge in [0.1, 0.15) is 0 Å². The summed E-state index contributed by atoms with van der Waals surface area (Å²) in [5.74, 6) is -1.08. The Kier molecular flexibility index (Phi) is 3.77. The number of aliphatic carboxylic acids is 1. The molecule has 0 unspecified atom stereocenters. The lowest BCUT2D eigenvalue weighted by molar-refractivity contribution is -0.385. The zero-order valence-electron chi connectivity index (χ0n) is 8.71. The van der Waals surface area contributed by atoms with Gasteiger partial charge in [-0.05, 0) is 18.1 Å². The molecule has 16 heavy (non-hydrogen) atoms. The van der Waals surface area contributed by atoms with Crippen LogP contribution in [0.15, 0.2) is 24.3 Å². The summed E-state index contributed by atoms with van der Waals surface area (Å²) in [4.78, 5) is 20.6. The Morgan fingerprint density at radius 2 is 2.25 bits per heavy atom. The number of rotatable bonds is 4. The van der Waals surface area contributed by atoms with Crippen LogP contribution in [0.1, 0.15) is 18.1 Å². The van der Waals surface area contributed by atoms with E-state index in [9.17, 15) is 14.9 Å². The molecule has 0 fully saturated rings. The number of hydrogen-bond acceptors (Lipinski definition) is 3. The highest BCUT2D eigenvalue weighted by molar-refractivity contribution is 5.85. The SMILES string of the molecule is CCc1ccc(/C=C/C(=O)O)cc1[N+](=O)[O-]. The second kappa shape index (κ2) is 5.06. The van der Waals surface area contributed by atoms with Gasteiger partial charge in [-0.25, -0.2) is 4.79 Å². The first-order valence-electron chi connectivity index (χ1n) is 4.73. The van der Waals surface area contributed by atoms with Crippen molar-refractivity contribution < 1.29 is 14.8 Å². The summed E-state index contributed by atoms with van der Waals surface area (Å²) in [5, 5.41) is 19.2. The molecule has 1 N–H and O–H groups in total. The Morgan fingerprint density at radius 3 is 2.75 bits per heavy atom. The fourth-order valence-corrected chi connectivity index (χ4v) is 1.32. The Labute approximate surface area is 92.2 Å². The van der Waals surface area contributed by atoms with Crippen molar-refractivity contribution in [3.05, 3.63) is 45.5 Å². The van der Waals surface area contributed by atoms with Gasteiger partial charge in [-0.3, -0.25) is 10.1 Å². The fourth-order valence-electron chi connectivity index (χ4n) is 1.32. The molecule has 1 rings (SSSR count). The first kappa shape index (κ1) is 11.9. The van der Waals surface area contributed by atoms with Crippen molar-refractivity contribution in [3.63, 3.8) is 0 Å². The van der Waals surface area contributed by atoms with E-state index >= 15 is 0 Å². The van der Waals surface area contributed by atoms with Crippen molar-refractivity contribution in [1.29, 1.82) is 0 Å². The summed E-state index contributed by atoms with van der Waals surface area (Å²) in [5.41, 5.74) is 1.17. The molecule has 0 bridgehead atoms. The molecule has 0 saturated carbocycles. The maximum Gasteiger partial charge on any atom is 0.328 e. The molecule has 0 heterocycles. The Balaban J connectivity index is 3.12. The maximum absolute atomic E-state index is 10.7. The minimum atomic E-state index is -1.08. The number of carboxylic acids is 1. The van der Waals surface area contributed by atoms with Gasteiger partial charge in [0.25, 0.3) is 5.69 Å². The predicted octanol–water partition coefficient (Wildman–Crippen LogP) is 2.25. The van der Waals surface area contributed by atoms with E-state index in [1.807, 2.05) is 6.92 Å². The second-order valence-corrected chi connectivity index (χ2v) is 3.17. The third-order valence-electron chi connectivity index (χ3n) is 2.11. The third kappa shape index (κ3) is 2.91. The molecule has 5 heteroatoms. The van der Waals surface area contributed by atoms with E-state index < -0.39 is 10.9 Å². The van der Waals surface area contributed by atoms with Gasteiger partial charge < -0.3 is 5.11 Å². The van der Waals surface area contributed by atoms with Crippen molar-refractivity contribution in [3.8, 4) is 0 Å². The van der Waals surface area contributed by atoms with Crippen LogP contribution in [-0.4, -0.2) is 16.0 Å². The summed E-state index contributed by atoms with van der Waals surface area (Å²) in [7, 11) is 0. The van der Waals surface area contributed by atoms with Crippen LogP contribution in [0.2, 0.25) is 0 Å². The summed E-state index contributed by atoms with van der Waals surface area (Å²) in [6.07, 6.45) is 2.85. The first-order chi connectivity index (χ1) is 7.54.